The summed E-state index contributed by atoms with van der Waals surface area (Å²) in [5.74, 6) is 1.62. The molecule has 3 rings (SSSR count). The van der Waals surface area contributed by atoms with Crippen LogP contribution < -0.4 is 10.1 Å². The van der Waals surface area contributed by atoms with Gasteiger partial charge in [-0.25, -0.2) is 0 Å². The van der Waals surface area contributed by atoms with Gasteiger partial charge in [0, 0.05) is 45.3 Å². The number of piperazine rings is 1. The zero-order valence-electron chi connectivity index (χ0n) is 15.7. The molecule has 2 fully saturated rings. The van der Waals surface area contributed by atoms with Crippen molar-refractivity contribution in [3.8, 4) is 11.5 Å². The normalized spacial score (nSPS) is 24.2. The van der Waals surface area contributed by atoms with Gasteiger partial charge >= 0.3 is 0 Å². The fraction of sp³-hybridized carbons (Fsp3) is 0.700. The number of benzene rings is 1. The van der Waals surface area contributed by atoms with E-state index in [2.05, 4.69) is 28.1 Å². The standard InChI is InChI=1S/C20H33N3O2/c1-3-25-20-13-17(6-7-19(20)24)18(23-11-8-21-9-12-23)15-22-10-4-5-16(2)14-22/h6-7,13,16,18,21,24H,3-5,8-12,14-15H2,1-2H3. The van der Waals surface area contributed by atoms with Gasteiger partial charge in [-0.1, -0.05) is 13.0 Å². The monoisotopic (exact) mass is 347 g/mol. The summed E-state index contributed by atoms with van der Waals surface area (Å²) in [6.45, 7) is 12.6. The minimum Gasteiger partial charge on any atom is -0.504 e. The predicted molar refractivity (Wildman–Crippen MR) is 101 cm³/mol. The van der Waals surface area contributed by atoms with Crippen molar-refractivity contribution in [1.29, 1.82) is 0 Å². The minimum absolute atomic E-state index is 0.233. The minimum atomic E-state index is 0.233. The van der Waals surface area contributed by atoms with Crippen LogP contribution in [0.1, 0.15) is 38.3 Å². The van der Waals surface area contributed by atoms with Crippen LogP contribution in [0.4, 0.5) is 0 Å². The number of nitrogens with one attached hydrogen (secondary N) is 1. The second-order valence-electron chi connectivity index (χ2n) is 7.47. The van der Waals surface area contributed by atoms with Crippen molar-refractivity contribution in [2.75, 3.05) is 52.4 Å². The third-order valence-electron chi connectivity index (χ3n) is 5.43. The van der Waals surface area contributed by atoms with Crippen molar-refractivity contribution in [3.63, 3.8) is 0 Å². The highest BCUT2D eigenvalue weighted by atomic mass is 16.5. The first-order chi connectivity index (χ1) is 12.2. The average molecular weight is 348 g/mol. The molecule has 0 bridgehead atoms. The summed E-state index contributed by atoms with van der Waals surface area (Å²) >= 11 is 0. The molecule has 2 saturated heterocycles. The van der Waals surface area contributed by atoms with Gasteiger partial charge in [-0.3, -0.25) is 4.90 Å². The molecule has 25 heavy (non-hydrogen) atoms. The Balaban J connectivity index is 1.81. The van der Waals surface area contributed by atoms with Crippen molar-refractivity contribution in [3.05, 3.63) is 23.8 Å². The molecule has 5 heteroatoms. The van der Waals surface area contributed by atoms with Gasteiger partial charge in [-0.2, -0.15) is 0 Å². The van der Waals surface area contributed by atoms with Crippen LogP contribution in [0.3, 0.4) is 0 Å². The molecule has 0 radical (unpaired) electrons. The molecule has 2 unspecified atom stereocenters. The number of phenols is 1. The highest BCUT2D eigenvalue weighted by Gasteiger charge is 2.27. The van der Waals surface area contributed by atoms with E-state index in [4.69, 9.17) is 4.74 Å². The van der Waals surface area contributed by atoms with Crippen LogP contribution in [0.2, 0.25) is 0 Å². The molecule has 0 aliphatic carbocycles. The molecule has 0 spiro atoms. The van der Waals surface area contributed by atoms with Crippen LogP contribution in [-0.4, -0.2) is 67.3 Å². The lowest BCUT2D eigenvalue weighted by molar-refractivity contribution is 0.0999. The summed E-state index contributed by atoms with van der Waals surface area (Å²) in [7, 11) is 0. The number of likely N-dealkylation sites (tertiary alicyclic amines) is 1. The smallest absolute Gasteiger partial charge is 0.161 e. The fourth-order valence-electron chi connectivity index (χ4n) is 4.13. The molecular formula is C20H33N3O2. The maximum absolute atomic E-state index is 10.1. The average Bonchev–Trinajstić information content (AvgIpc) is 2.63. The maximum atomic E-state index is 10.1. The van der Waals surface area contributed by atoms with Crippen molar-refractivity contribution < 1.29 is 9.84 Å². The second kappa shape index (κ2) is 8.88. The summed E-state index contributed by atoms with van der Waals surface area (Å²) < 4.78 is 5.63. The number of nitrogens with zero attached hydrogens (tertiary/aromatic N) is 2. The van der Waals surface area contributed by atoms with Crippen molar-refractivity contribution in [2.24, 2.45) is 5.92 Å². The SMILES string of the molecule is CCOc1cc(C(CN2CCCC(C)C2)N2CCNCC2)ccc1O. The van der Waals surface area contributed by atoms with E-state index >= 15 is 0 Å². The van der Waals surface area contributed by atoms with E-state index < -0.39 is 0 Å². The first-order valence-electron chi connectivity index (χ1n) is 9.80. The van der Waals surface area contributed by atoms with E-state index in [1.165, 1.54) is 31.5 Å². The molecule has 2 atom stereocenters. The van der Waals surface area contributed by atoms with Crippen molar-refractivity contribution in [1.82, 2.24) is 15.1 Å². The van der Waals surface area contributed by atoms with Crippen molar-refractivity contribution >= 4 is 0 Å². The first kappa shape index (κ1) is 18.5. The molecule has 140 valence electrons. The molecule has 2 heterocycles. The Morgan fingerprint density at radius 1 is 1.28 bits per heavy atom. The van der Waals surface area contributed by atoms with Crippen molar-refractivity contribution in [2.45, 2.75) is 32.7 Å². The van der Waals surface area contributed by atoms with Gasteiger partial charge in [0.2, 0.25) is 0 Å². The van der Waals surface area contributed by atoms with Gasteiger partial charge in [0.1, 0.15) is 0 Å². The Labute approximate surface area is 152 Å². The fourth-order valence-corrected chi connectivity index (χ4v) is 4.13. The molecule has 0 saturated carbocycles. The van der Waals surface area contributed by atoms with Crippen LogP contribution in [0.15, 0.2) is 18.2 Å². The lowest BCUT2D eigenvalue weighted by atomic mass is 9.97. The number of phenolic OH excluding ortho intramolecular Hbond substituents is 1. The topological polar surface area (TPSA) is 48.0 Å². The Morgan fingerprint density at radius 2 is 2.08 bits per heavy atom. The molecular weight excluding hydrogens is 314 g/mol. The Morgan fingerprint density at radius 3 is 2.80 bits per heavy atom. The summed E-state index contributed by atoms with van der Waals surface area (Å²) in [4.78, 5) is 5.20. The van der Waals surface area contributed by atoms with E-state index in [0.717, 1.165) is 38.6 Å². The van der Waals surface area contributed by atoms with Gasteiger partial charge < -0.3 is 20.1 Å². The molecule has 2 aliphatic rings. The zero-order valence-corrected chi connectivity index (χ0v) is 15.7. The Bertz CT molecular complexity index is 546. The van der Waals surface area contributed by atoms with Crippen LogP contribution in [0.5, 0.6) is 11.5 Å². The van der Waals surface area contributed by atoms with E-state index in [1.54, 1.807) is 6.07 Å². The quantitative estimate of drug-likeness (QED) is 0.828. The van der Waals surface area contributed by atoms with E-state index in [-0.39, 0.29) is 5.75 Å². The summed E-state index contributed by atoms with van der Waals surface area (Å²) in [6, 6.07) is 6.25. The Hall–Kier alpha value is -1.30. The van der Waals surface area contributed by atoms with Gasteiger partial charge in [0.25, 0.3) is 0 Å². The summed E-state index contributed by atoms with van der Waals surface area (Å²) in [5, 5.41) is 13.5. The third kappa shape index (κ3) is 4.87. The number of aromatic hydroxyl groups is 1. The molecule has 2 aliphatic heterocycles. The van der Waals surface area contributed by atoms with Crippen LogP contribution in [-0.2, 0) is 0 Å². The highest BCUT2D eigenvalue weighted by Crippen LogP contribution is 2.32. The number of piperidine rings is 1. The molecule has 1 aromatic rings. The Kier molecular flexibility index (Phi) is 6.57. The maximum Gasteiger partial charge on any atom is 0.161 e. The molecule has 1 aromatic carbocycles. The number of hydrogen-bond donors (Lipinski definition) is 2. The van der Waals surface area contributed by atoms with Gasteiger partial charge in [0.05, 0.1) is 6.61 Å². The lowest BCUT2D eigenvalue weighted by Gasteiger charge is -2.40. The first-order valence-corrected chi connectivity index (χ1v) is 9.80. The van der Waals surface area contributed by atoms with Crippen LogP contribution in [0.25, 0.3) is 0 Å². The number of hydrogen-bond acceptors (Lipinski definition) is 5. The third-order valence-corrected chi connectivity index (χ3v) is 5.43. The van der Waals surface area contributed by atoms with E-state index in [0.29, 0.717) is 18.4 Å². The lowest BCUT2D eigenvalue weighted by Crippen LogP contribution is -2.49. The number of rotatable bonds is 6. The highest BCUT2D eigenvalue weighted by molar-refractivity contribution is 5.43. The molecule has 5 nitrogen and oxygen atoms in total. The van der Waals surface area contributed by atoms with Gasteiger partial charge in [0.15, 0.2) is 11.5 Å². The van der Waals surface area contributed by atoms with Crippen LogP contribution in [0, 0.1) is 5.92 Å². The summed E-state index contributed by atoms with van der Waals surface area (Å²) in [5.41, 5.74) is 1.25. The zero-order chi connectivity index (χ0) is 17.6. The predicted octanol–water partition coefficient (Wildman–Crippen LogP) is 2.47. The molecule has 0 aromatic heterocycles. The largest absolute Gasteiger partial charge is 0.504 e. The van der Waals surface area contributed by atoms with E-state index in [1.807, 2.05) is 13.0 Å². The molecule has 0 amide bonds. The van der Waals surface area contributed by atoms with Gasteiger partial charge in [-0.15, -0.1) is 0 Å². The molecule has 2 N–H and O–H groups in total. The van der Waals surface area contributed by atoms with Gasteiger partial charge in [-0.05, 0) is 49.9 Å². The van der Waals surface area contributed by atoms with Crippen LogP contribution >= 0.6 is 0 Å². The number of ether oxygens (including phenoxy) is 1. The second-order valence-corrected chi connectivity index (χ2v) is 7.47. The van der Waals surface area contributed by atoms with E-state index in [9.17, 15) is 5.11 Å². The summed E-state index contributed by atoms with van der Waals surface area (Å²) in [6.07, 6.45) is 2.65.